The topological polar surface area (TPSA) is 51.8 Å². The number of rotatable bonds is 3. The summed E-state index contributed by atoms with van der Waals surface area (Å²) >= 11 is 1.76. The van der Waals surface area contributed by atoms with E-state index in [0.717, 1.165) is 12.0 Å². The van der Waals surface area contributed by atoms with Crippen molar-refractivity contribution < 1.29 is 0 Å². The molecule has 0 saturated heterocycles. The van der Waals surface area contributed by atoms with Crippen LogP contribution < -0.4 is 5.73 Å². The van der Waals surface area contributed by atoms with Crippen molar-refractivity contribution in [2.45, 2.75) is 19.4 Å². The standard InChI is InChI=1S/C15H15N3S/c1-10-7-17-15(18-8-10)13(16)6-11-9-19-14-5-3-2-4-12(11)14/h2-5,7-9,13H,6,16H2,1H3. The molecule has 0 amide bonds. The van der Waals surface area contributed by atoms with Gasteiger partial charge in [0.1, 0.15) is 5.82 Å². The maximum Gasteiger partial charge on any atom is 0.145 e. The summed E-state index contributed by atoms with van der Waals surface area (Å²) in [6.07, 6.45) is 4.40. The molecular formula is C15H15N3S. The minimum absolute atomic E-state index is 0.154. The summed E-state index contributed by atoms with van der Waals surface area (Å²) in [5, 5.41) is 3.47. The van der Waals surface area contributed by atoms with Crippen LogP contribution in [0.15, 0.2) is 42.0 Å². The zero-order valence-corrected chi connectivity index (χ0v) is 11.5. The van der Waals surface area contributed by atoms with Crippen molar-refractivity contribution in [1.29, 1.82) is 0 Å². The molecule has 1 aromatic carbocycles. The Bertz CT molecular complexity index is 688. The lowest BCUT2D eigenvalue weighted by atomic mass is 10.1. The fourth-order valence-corrected chi connectivity index (χ4v) is 3.09. The Morgan fingerprint density at radius 2 is 1.95 bits per heavy atom. The molecule has 3 nitrogen and oxygen atoms in total. The van der Waals surface area contributed by atoms with Crippen molar-refractivity contribution in [2.75, 3.05) is 0 Å². The lowest BCUT2D eigenvalue weighted by Crippen LogP contribution is -2.16. The molecule has 96 valence electrons. The molecule has 0 aliphatic carbocycles. The van der Waals surface area contributed by atoms with Gasteiger partial charge in [0.2, 0.25) is 0 Å². The molecule has 2 aromatic heterocycles. The number of aromatic nitrogens is 2. The lowest BCUT2D eigenvalue weighted by molar-refractivity contribution is 0.669. The molecule has 3 rings (SSSR count). The first-order valence-electron chi connectivity index (χ1n) is 6.23. The molecular weight excluding hydrogens is 254 g/mol. The third kappa shape index (κ3) is 2.50. The van der Waals surface area contributed by atoms with E-state index in [1.807, 2.05) is 19.3 Å². The van der Waals surface area contributed by atoms with E-state index in [2.05, 4.69) is 39.6 Å². The maximum atomic E-state index is 6.21. The van der Waals surface area contributed by atoms with Gasteiger partial charge in [-0.2, -0.15) is 0 Å². The van der Waals surface area contributed by atoms with Crippen LogP contribution in [0.5, 0.6) is 0 Å². The number of nitrogens with two attached hydrogens (primary N) is 1. The van der Waals surface area contributed by atoms with Crippen LogP contribution in [-0.4, -0.2) is 9.97 Å². The van der Waals surface area contributed by atoms with Gasteiger partial charge in [-0.3, -0.25) is 0 Å². The van der Waals surface area contributed by atoms with Crippen molar-refractivity contribution in [2.24, 2.45) is 5.73 Å². The Labute approximate surface area is 116 Å². The van der Waals surface area contributed by atoms with Gasteiger partial charge in [-0.05, 0) is 41.3 Å². The predicted molar refractivity (Wildman–Crippen MR) is 79.2 cm³/mol. The minimum atomic E-state index is -0.154. The number of hydrogen-bond acceptors (Lipinski definition) is 4. The van der Waals surface area contributed by atoms with Gasteiger partial charge in [-0.25, -0.2) is 9.97 Å². The van der Waals surface area contributed by atoms with Crippen LogP contribution in [0.1, 0.15) is 23.0 Å². The normalized spacial score (nSPS) is 12.7. The highest BCUT2D eigenvalue weighted by Gasteiger charge is 2.12. The van der Waals surface area contributed by atoms with Crippen molar-refractivity contribution >= 4 is 21.4 Å². The fourth-order valence-electron chi connectivity index (χ4n) is 2.11. The lowest BCUT2D eigenvalue weighted by Gasteiger charge is -2.09. The largest absolute Gasteiger partial charge is 0.321 e. The molecule has 0 spiro atoms. The summed E-state index contributed by atoms with van der Waals surface area (Å²) in [5.41, 5.74) is 8.53. The number of fused-ring (bicyclic) bond motifs is 1. The monoisotopic (exact) mass is 269 g/mol. The number of aryl methyl sites for hydroxylation is 1. The van der Waals surface area contributed by atoms with Gasteiger partial charge in [0.05, 0.1) is 6.04 Å². The summed E-state index contributed by atoms with van der Waals surface area (Å²) in [5.74, 6) is 0.709. The van der Waals surface area contributed by atoms with E-state index in [1.165, 1.54) is 15.6 Å². The molecule has 1 unspecified atom stereocenters. The number of nitrogens with zero attached hydrogens (tertiary/aromatic N) is 2. The molecule has 0 saturated carbocycles. The highest BCUT2D eigenvalue weighted by Crippen LogP contribution is 2.28. The molecule has 1 atom stereocenters. The average molecular weight is 269 g/mol. The Balaban J connectivity index is 1.86. The van der Waals surface area contributed by atoms with Crippen molar-refractivity contribution in [3.8, 4) is 0 Å². The van der Waals surface area contributed by atoms with E-state index in [1.54, 1.807) is 11.3 Å². The van der Waals surface area contributed by atoms with E-state index in [9.17, 15) is 0 Å². The first-order chi connectivity index (χ1) is 9.24. The third-order valence-electron chi connectivity index (χ3n) is 3.13. The fraction of sp³-hybridized carbons (Fsp3) is 0.200. The highest BCUT2D eigenvalue weighted by molar-refractivity contribution is 7.17. The Morgan fingerprint density at radius 3 is 2.74 bits per heavy atom. The molecule has 0 aliphatic heterocycles. The smallest absolute Gasteiger partial charge is 0.145 e. The van der Waals surface area contributed by atoms with Gasteiger partial charge < -0.3 is 5.73 Å². The van der Waals surface area contributed by atoms with Crippen molar-refractivity contribution in [3.63, 3.8) is 0 Å². The van der Waals surface area contributed by atoms with Gasteiger partial charge in [-0.1, -0.05) is 18.2 Å². The predicted octanol–water partition coefficient (Wildman–Crippen LogP) is 3.24. The van der Waals surface area contributed by atoms with Crippen molar-refractivity contribution in [1.82, 2.24) is 9.97 Å². The highest BCUT2D eigenvalue weighted by atomic mass is 32.1. The second-order valence-corrected chi connectivity index (χ2v) is 5.60. The molecule has 4 heteroatoms. The van der Waals surface area contributed by atoms with Crippen LogP contribution in [-0.2, 0) is 6.42 Å². The van der Waals surface area contributed by atoms with E-state index in [4.69, 9.17) is 5.73 Å². The summed E-state index contributed by atoms with van der Waals surface area (Å²) < 4.78 is 1.30. The maximum absolute atomic E-state index is 6.21. The van der Waals surface area contributed by atoms with E-state index in [-0.39, 0.29) is 6.04 Å². The van der Waals surface area contributed by atoms with Crippen LogP contribution in [0.4, 0.5) is 0 Å². The molecule has 0 radical (unpaired) electrons. The minimum Gasteiger partial charge on any atom is -0.321 e. The van der Waals surface area contributed by atoms with Crippen molar-refractivity contribution in [3.05, 3.63) is 59.0 Å². The summed E-state index contributed by atoms with van der Waals surface area (Å²) in [6.45, 7) is 1.97. The van der Waals surface area contributed by atoms with Crippen LogP contribution in [0, 0.1) is 6.92 Å². The molecule has 0 fully saturated rings. The van der Waals surface area contributed by atoms with Gasteiger partial charge in [-0.15, -0.1) is 11.3 Å². The van der Waals surface area contributed by atoms with Crippen LogP contribution in [0.2, 0.25) is 0 Å². The molecule has 3 aromatic rings. The van der Waals surface area contributed by atoms with Crippen LogP contribution >= 0.6 is 11.3 Å². The molecule has 0 bridgehead atoms. The summed E-state index contributed by atoms with van der Waals surface area (Å²) in [6, 6.07) is 8.25. The number of thiophene rings is 1. The van der Waals surface area contributed by atoms with Gasteiger partial charge in [0, 0.05) is 17.1 Å². The third-order valence-corrected chi connectivity index (χ3v) is 4.15. The Kier molecular flexibility index (Phi) is 3.27. The average Bonchev–Trinajstić information content (AvgIpc) is 2.83. The zero-order valence-electron chi connectivity index (χ0n) is 10.7. The quantitative estimate of drug-likeness (QED) is 0.794. The van der Waals surface area contributed by atoms with Gasteiger partial charge >= 0.3 is 0 Å². The zero-order chi connectivity index (χ0) is 13.2. The van der Waals surface area contributed by atoms with Gasteiger partial charge in [0.15, 0.2) is 0 Å². The second kappa shape index (κ2) is 5.07. The first-order valence-corrected chi connectivity index (χ1v) is 7.11. The number of hydrogen-bond donors (Lipinski definition) is 1. The SMILES string of the molecule is Cc1cnc(C(N)Cc2csc3ccccc23)nc1. The summed E-state index contributed by atoms with van der Waals surface area (Å²) in [7, 11) is 0. The molecule has 2 heterocycles. The van der Waals surface area contributed by atoms with E-state index in [0.29, 0.717) is 5.82 Å². The second-order valence-electron chi connectivity index (χ2n) is 4.69. The number of benzene rings is 1. The van der Waals surface area contributed by atoms with E-state index < -0.39 is 0 Å². The Morgan fingerprint density at radius 1 is 1.21 bits per heavy atom. The Hall–Kier alpha value is -1.78. The summed E-state index contributed by atoms with van der Waals surface area (Å²) in [4.78, 5) is 8.61. The molecule has 19 heavy (non-hydrogen) atoms. The first kappa shape index (κ1) is 12.3. The van der Waals surface area contributed by atoms with E-state index >= 15 is 0 Å². The molecule has 2 N–H and O–H groups in total. The van der Waals surface area contributed by atoms with Crippen LogP contribution in [0.25, 0.3) is 10.1 Å². The molecule has 0 aliphatic rings. The van der Waals surface area contributed by atoms with Crippen LogP contribution in [0.3, 0.4) is 0 Å². The van der Waals surface area contributed by atoms with Gasteiger partial charge in [0.25, 0.3) is 0 Å².